The first-order valence-corrected chi connectivity index (χ1v) is 9.88. The van der Waals surface area contributed by atoms with E-state index in [-0.39, 0.29) is 6.61 Å². The number of amides is 1. The first kappa shape index (κ1) is 22.5. The number of anilines is 1. The van der Waals surface area contributed by atoms with Crippen LogP contribution in [0.5, 0.6) is 5.75 Å². The van der Waals surface area contributed by atoms with Gasteiger partial charge in [-0.3, -0.25) is 4.90 Å². The van der Waals surface area contributed by atoms with E-state index in [0.717, 1.165) is 11.1 Å². The molecule has 2 aliphatic rings. The third kappa shape index (κ3) is 4.17. The summed E-state index contributed by atoms with van der Waals surface area (Å²) in [5.41, 5.74) is 1.58. The standard InChI is InChI=1S/C21H29NO8/c1-5-28-12-6-7-14-13(8-12)11(2)9-21(3,4)22(14)20(27)30-19(26)18-17(25)16(24)15(23)10-29-18/h6-9,15-19,23-26H,5,10H2,1-4H3/t15-,16+,17-,18-,19?/m0/s1. The van der Waals surface area contributed by atoms with E-state index in [2.05, 4.69) is 0 Å². The average molecular weight is 423 g/mol. The zero-order valence-corrected chi connectivity index (χ0v) is 17.5. The highest BCUT2D eigenvalue weighted by molar-refractivity contribution is 5.97. The summed E-state index contributed by atoms with van der Waals surface area (Å²) >= 11 is 0. The molecule has 1 amide bonds. The first-order chi connectivity index (χ1) is 14.1. The van der Waals surface area contributed by atoms with E-state index >= 15 is 0 Å². The van der Waals surface area contributed by atoms with Crippen LogP contribution in [0.3, 0.4) is 0 Å². The van der Waals surface area contributed by atoms with E-state index in [9.17, 15) is 25.2 Å². The van der Waals surface area contributed by atoms with Crippen molar-refractivity contribution in [3.05, 3.63) is 29.8 Å². The van der Waals surface area contributed by atoms with Gasteiger partial charge in [0.2, 0.25) is 6.29 Å². The van der Waals surface area contributed by atoms with Crippen LogP contribution in [0, 0.1) is 0 Å². The molecular weight excluding hydrogens is 394 g/mol. The van der Waals surface area contributed by atoms with Crippen molar-refractivity contribution < 1.29 is 39.4 Å². The second-order valence-corrected chi connectivity index (χ2v) is 8.05. The lowest BCUT2D eigenvalue weighted by Gasteiger charge is -2.42. The molecule has 1 fully saturated rings. The lowest BCUT2D eigenvalue weighted by molar-refractivity contribution is -0.245. The molecule has 3 rings (SSSR count). The Morgan fingerprint density at radius 2 is 2.00 bits per heavy atom. The van der Waals surface area contributed by atoms with Crippen molar-refractivity contribution in [2.24, 2.45) is 0 Å². The number of rotatable bonds is 4. The van der Waals surface area contributed by atoms with Crippen LogP contribution in [-0.2, 0) is 9.47 Å². The highest BCUT2D eigenvalue weighted by atomic mass is 16.7. The van der Waals surface area contributed by atoms with Crippen LogP contribution < -0.4 is 9.64 Å². The van der Waals surface area contributed by atoms with Crippen LogP contribution in [0.2, 0.25) is 0 Å². The van der Waals surface area contributed by atoms with Crippen molar-refractivity contribution in [1.82, 2.24) is 0 Å². The predicted octanol–water partition coefficient (Wildman–Crippen LogP) is 1.02. The van der Waals surface area contributed by atoms with Gasteiger partial charge in [-0.1, -0.05) is 6.08 Å². The van der Waals surface area contributed by atoms with E-state index < -0.39 is 42.3 Å². The minimum absolute atomic E-state index is 0.308. The van der Waals surface area contributed by atoms with Gasteiger partial charge in [-0.2, -0.15) is 0 Å². The predicted molar refractivity (Wildman–Crippen MR) is 108 cm³/mol. The Kier molecular flexibility index (Phi) is 6.40. The third-order valence-electron chi connectivity index (χ3n) is 5.32. The molecule has 0 bridgehead atoms. The number of carbonyl (C=O) groups excluding carboxylic acids is 1. The average Bonchev–Trinajstić information content (AvgIpc) is 2.66. The second-order valence-electron chi connectivity index (χ2n) is 8.05. The number of aliphatic hydroxyl groups excluding tert-OH is 4. The van der Waals surface area contributed by atoms with Gasteiger partial charge in [0.05, 0.1) is 24.4 Å². The lowest BCUT2D eigenvalue weighted by Crippen LogP contribution is -2.58. The van der Waals surface area contributed by atoms with Crippen LogP contribution in [0.15, 0.2) is 24.3 Å². The molecular formula is C21H29NO8. The molecule has 0 aromatic heterocycles. The van der Waals surface area contributed by atoms with Crippen molar-refractivity contribution in [3.8, 4) is 5.75 Å². The Morgan fingerprint density at radius 3 is 2.67 bits per heavy atom. The summed E-state index contributed by atoms with van der Waals surface area (Å²) in [7, 11) is 0. The fourth-order valence-electron chi connectivity index (χ4n) is 3.90. The summed E-state index contributed by atoms with van der Waals surface area (Å²) in [5.74, 6) is 0.670. The van der Waals surface area contributed by atoms with E-state index in [1.807, 2.05) is 39.8 Å². The number of carbonyl (C=O) groups is 1. The smallest absolute Gasteiger partial charge is 0.417 e. The van der Waals surface area contributed by atoms with Gasteiger partial charge in [-0.05, 0) is 51.5 Å². The number of allylic oxidation sites excluding steroid dienone is 1. The van der Waals surface area contributed by atoms with Crippen molar-refractivity contribution in [3.63, 3.8) is 0 Å². The number of nitrogens with zero attached hydrogens (tertiary/aromatic N) is 1. The molecule has 5 atom stereocenters. The van der Waals surface area contributed by atoms with E-state index in [1.54, 1.807) is 12.1 Å². The maximum atomic E-state index is 13.0. The Labute approximate surface area is 175 Å². The van der Waals surface area contributed by atoms with Gasteiger partial charge in [0, 0.05) is 5.56 Å². The molecule has 9 nitrogen and oxygen atoms in total. The van der Waals surface area contributed by atoms with Gasteiger partial charge in [0.25, 0.3) is 0 Å². The minimum atomic E-state index is -1.84. The molecule has 9 heteroatoms. The fraction of sp³-hybridized carbons (Fsp3) is 0.571. The first-order valence-electron chi connectivity index (χ1n) is 9.88. The molecule has 0 radical (unpaired) electrons. The molecule has 0 saturated carbocycles. The summed E-state index contributed by atoms with van der Waals surface area (Å²) < 4.78 is 15.9. The molecule has 166 valence electrons. The van der Waals surface area contributed by atoms with Crippen molar-refractivity contribution in [1.29, 1.82) is 0 Å². The van der Waals surface area contributed by atoms with Crippen molar-refractivity contribution >= 4 is 17.4 Å². The molecule has 1 aromatic carbocycles. The molecule has 4 N–H and O–H groups in total. The zero-order chi connectivity index (χ0) is 22.2. The summed E-state index contributed by atoms with van der Waals surface area (Å²) in [6.45, 7) is 7.68. The molecule has 30 heavy (non-hydrogen) atoms. The van der Waals surface area contributed by atoms with E-state index in [1.165, 1.54) is 4.90 Å². The highest BCUT2D eigenvalue weighted by Crippen LogP contribution is 2.41. The number of ether oxygens (including phenoxy) is 3. The number of aliphatic hydroxyl groups is 4. The van der Waals surface area contributed by atoms with Gasteiger partial charge < -0.3 is 34.6 Å². The van der Waals surface area contributed by atoms with E-state index in [0.29, 0.717) is 18.0 Å². The topological polar surface area (TPSA) is 129 Å². The van der Waals surface area contributed by atoms with Gasteiger partial charge in [0.1, 0.15) is 30.2 Å². The zero-order valence-electron chi connectivity index (χ0n) is 17.5. The Bertz CT molecular complexity index is 823. The molecule has 1 unspecified atom stereocenters. The number of hydrogen-bond donors (Lipinski definition) is 4. The van der Waals surface area contributed by atoms with Gasteiger partial charge >= 0.3 is 6.09 Å². The number of benzene rings is 1. The Morgan fingerprint density at radius 1 is 1.30 bits per heavy atom. The SMILES string of the molecule is CCOc1ccc2c(c1)C(C)=CC(C)(C)N2C(=O)OC(O)[C@H]1OC[C@H](O)[C@@H](O)[C@@H]1O. The lowest BCUT2D eigenvalue weighted by atomic mass is 9.89. The molecule has 1 aromatic rings. The molecule has 0 spiro atoms. The Hall–Kier alpha value is -2.17. The number of hydrogen-bond acceptors (Lipinski definition) is 8. The summed E-state index contributed by atoms with van der Waals surface area (Å²) in [6.07, 6.45) is -6.61. The van der Waals surface area contributed by atoms with Crippen molar-refractivity contribution in [2.75, 3.05) is 18.1 Å². The summed E-state index contributed by atoms with van der Waals surface area (Å²) in [6, 6.07) is 5.33. The highest BCUT2D eigenvalue weighted by Gasteiger charge is 2.44. The molecule has 2 heterocycles. The largest absolute Gasteiger partial charge is 0.494 e. The molecule has 2 aliphatic heterocycles. The monoisotopic (exact) mass is 423 g/mol. The van der Waals surface area contributed by atoms with E-state index in [4.69, 9.17) is 14.2 Å². The van der Waals surface area contributed by atoms with Crippen LogP contribution in [0.25, 0.3) is 5.57 Å². The van der Waals surface area contributed by atoms with Gasteiger partial charge in [-0.25, -0.2) is 4.79 Å². The minimum Gasteiger partial charge on any atom is -0.494 e. The van der Waals surface area contributed by atoms with Crippen LogP contribution in [0.1, 0.15) is 33.3 Å². The quantitative estimate of drug-likeness (QED) is 0.529. The van der Waals surface area contributed by atoms with Crippen LogP contribution >= 0.6 is 0 Å². The summed E-state index contributed by atoms with van der Waals surface area (Å²) in [4.78, 5) is 14.4. The van der Waals surface area contributed by atoms with Crippen LogP contribution in [-0.4, -0.2) is 76.0 Å². The second kappa shape index (κ2) is 8.52. The van der Waals surface area contributed by atoms with Gasteiger partial charge in [-0.15, -0.1) is 0 Å². The maximum absolute atomic E-state index is 13.0. The Balaban J connectivity index is 1.84. The summed E-state index contributed by atoms with van der Waals surface area (Å²) in [5, 5.41) is 39.8. The normalized spacial score (nSPS) is 28.9. The van der Waals surface area contributed by atoms with Gasteiger partial charge in [0.15, 0.2) is 0 Å². The third-order valence-corrected chi connectivity index (χ3v) is 5.32. The molecule has 1 saturated heterocycles. The van der Waals surface area contributed by atoms with Crippen LogP contribution in [0.4, 0.5) is 10.5 Å². The maximum Gasteiger partial charge on any atom is 0.417 e. The number of fused-ring (bicyclic) bond motifs is 1. The fourth-order valence-corrected chi connectivity index (χ4v) is 3.90. The molecule has 0 aliphatic carbocycles. The van der Waals surface area contributed by atoms with Crippen molar-refractivity contribution in [2.45, 2.75) is 63.9 Å².